The molecule has 0 heterocycles. The van der Waals surface area contributed by atoms with E-state index < -0.39 is 0 Å². The summed E-state index contributed by atoms with van der Waals surface area (Å²) in [6, 6.07) is 13.6. The Hall–Kier alpha value is -1.81. The van der Waals surface area contributed by atoms with Crippen molar-refractivity contribution >= 4 is 17.4 Å². The molecule has 0 aromatic heterocycles. The van der Waals surface area contributed by atoms with Gasteiger partial charge >= 0.3 is 0 Å². The Bertz CT molecular complexity index is 555. The molecule has 20 heavy (non-hydrogen) atoms. The normalized spacial score (nSPS) is 10.3. The molecule has 0 atom stereocenters. The van der Waals surface area contributed by atoms with E-state index in [1.807, 2.05) is 49.4 Å². The molecular weight excluding hydrogens is 270 g/mol. The number of nitrogen functional groups attached to an aromatic ring is 1. The summed E-state index contributed by atoms with van der Waals surface area (Å²) >= 11 is 1.71. The molecule has 3 nitrogen and oxygen atoms in total. The Morgan fingerprint density at radius 2 is 1.80 bits per heavy atom. The molecule has 0 bridgehead atoms. The number of hydrogen-bond acceptors (Lipinski definition) is 4. The minimum atomic E-state index is 0.443. The van der Waals surface area contributed by atoms with E-state index in [-0.39, 0.29) is 0 Å². The molecule has 106 valence electrons. The van der Waals surface area contributed by atoms with Gasteiger partial charge in [0.1, 0.15) is 18.1 Å². The third-order valence-corrected chi connectivity index (χ3v) is 3.58. The van der Waals surface area contributed by atoms with Crippen molar-refractivity contribution in [3.8, 4) is 11.5 Å². The van der Waals surface area contributed by atoms with Crippen molar-refractivity contribution in [1.82, 2.24) is 0 Å². The summed E-state index contributed by atoms with van der Waals surface area (Å²) in [5.74, 6) is 1.66. The van der Waals surface area contributed by atoms with Crippen LogP contribution in [0.2, 0.25) is 0 Å². The Morgan fingerprint density at radius 3 is 2.45 bits per heavy atom. The van der Waals surface area contributed by atoms with Crippen LogP contribution in [0.4, 0.5) is 5.69 Å². The molecule has 0 radical (unpaired) electrons. The maximum Gasteiger partial charge on any atom is 0.126 e. The first-order valence-electron chi connectivity index (χ1n) is 6.51. The van der Waals surface area contributed by atoms with E-state index in [2.05, 4.69) is 6.26 Å². The van der Waals surface area contributed by atoms with Crippen LogP contribution in [0, 0.1) is 0 Å². The van der Waals surface area contributed by atoms with Gasteiger partial charge in [-0.1, -0.05) is 0 Å². The van der Waals surface area contributed by atoms with Gasteiger partial charge in [-0.2, -0.15) is 0 Å². The van der Waals surface area contributed by atoms with Crippen LogP contribution in [0.5, 0.6) is 11.5 Å². The van der Waals surface area contributed by atoms with Crippen molar-refractivity contribution in [2.24, 2.45) is 0 Å². The lowest BCUT2D eigenvalue weighted by molar-refractivity contribution is 0.286. The average Bonchev–Trinajstić information content (AvgIpc) is 2.48. The van der Waals surface area contributed by atoms with E-state index in [1.54, 1.807) is 11.8 Å². The molecule has 0 saturated heterocycles. The van der Waals surface area contributed by atoms with Gasteiger partial charge in [-0.05, 0) is 55.6 Å². The molecule has 2 N–H and O–H groups in total. The number of thioether (sulfide) groups is 1. The first-order chi connectivity index (χ1) is 9.72. The molecule has 0 aliphatic carbocycles. The molecule has 2 rings (SSSR count). The van der Waals surface area contributed by atoms with Gasteiger partial charge < -0.3 is 15.2 Å². The van der Waals surface area contributed by atoms with Gasteiger partial charge in [-0.15, -0.1) is 11.8 Å². The molecule has 2 aromatic rings. The zero-order valence-electron chi connectivity index (χ0n) is 11.8. The van der Waals surface area contributed by atoms with Crippen molar-refractivity contribution < 1.29 is 9.47 Å². The highest BCUT2D eigenvalue weighted by Crippen LogP contribution is 2.24. The average molecular weight is 289 g/mol. The monoisotopic (exact) mass is 289 g/mol. The van der Waals surface area contributed by atoms with Gasteiger partial charge in [-0.25, -0.2) is 0 Å². The predicted octanol–water partition coefficient (Wildman–Crippen LogP) is 3.97. The second-order valence-electron chi connectivity index (χ2n) is 4.26. The summed E-state index contributed by atoms with van der Waals surface area (Å²) in [5, 5.41) is 0. The molecule has 0 unspecified atom stereocenters. The van der Waals surface area contributed by atoms with Gasteiger partial charge in [0, 0.05) is 16.1 Å². The van der Waals surface area contributed by atoms with Crippen molar-refractivity contribution in [2.45, 2.75) is 18.4 Å². The Kier molecular flexibility index (Phi) is 5.18. The lowest BCUT2D eigenvalue weighted by Gasteiger charge is -2.12. The fourth-order valence-electron chi connectivity index (χ4n) is 1.84. The topological polar surface area (TPSA) is 44.5 Å². The largest absolute Gasteiger partial charge is 0.493 e. The summed E-state index contributed by atoms with van der Waals surface area (Å²) in [6.45, 7) is 3.03. The number of anilines is 1. The van der Waals surface area contributed by atoms with Gasteiger partial charge in [-0.3, -0.25) is 0 Å². The maximum absolute atomic E-state index is 5.82. The first kappa shape index (κ1) is 14.6. The van der Waals surface area contributed by atoms with Crippen LogP contribution in [0.3, 0.4) is 0 Å². The summed E-state index contributed by atoms with van der Waals surface area (Å²) < 4.78 is 11.4. The van der Waals surface area contributed by atoms with Gasteiger partial charge in [0.05, 0.1) is 6.61 Å². The second kappa shape index (κ2) is 7.10. The number of rotatable bonds is 6. The van der Waals surface area contributed by atoms with E-state index in [1.165, 1.54) is 4.90 Å². The summed E-state index contributed by atoms with van der Waals surface area (Å²) in [6.07, 6.45) is 2.05. The third-order valence-electron chi connectivity index (χ3n) is 2.84. The van der Waals surface area contributed by atoms with Crippen LogP contribution in [0.15, 0.2) is 47.4 Å². The number of benzene rings is 2. The quantitative estimate of drug-likeness (QED) is 0.645. The second-order valence-corrected chi connectivity index (χ2v) is 5.14. The Balaban J connectivity index is 2.07. The minimum Gasteiger partial charge on any atom is -0.493 e. The highest BCUT2D eigenvalue weighted by molar-refractivity contribution is 7.98. The number of ether oxygens (including phenoxy) is 2. The Labute approximate surface area is 124 Å². The SMILES string of the molecule is CCOc1ccc(N)cc1COc1ccc(SC)cc1. The van der Waals surface area contributed by atoms with Gasteiger partial charge in [0.25, 0.3) is 0 Å². The van der Waals surface area contributed by atoms with E-state index in [9.17, 15) is 0 Å². The van der Waals surface area contributed by atoms with Gasteiger partial charge in [0.2, 0.25) is 0 Å². The molecule has 0 fully saturated rings. The highest BCUT2D eigenvalue weighted by atomic mass is 32.2. The highest BCUT2D eigenvalue weighted by Gasteiger charge is 2.05. The fraction of sp³-hybridized carbons (Fsp3) is 0.250. The van der Waals surface area contributed by atoms with Crippen LogP contribution in [-0.4, -0.2) is 12.9 Å². The molecule has 2 aromatic carbocycles. The smallest absolute Gasteiger partial charge is 0.126 e. The van der Waals surface area contributed by atoms with Crippen molar-refractivity contribution in [3.05, 3.63) is 48.0 Å². The zero-order valence-corrected chi connectivity index (χ0v) is 12.6. The molecule has 0 aliphatic rings. The van der Waals surface area contributed by atoms with Gasteiger partial charge in [0.15, 0.2) is 0 Å². The zero-order chi connectivity index (χ0) is 14.4. The Morgan fingerprint density at radius 1 is 1.05 bits per heavy atom. The predicted molar refractivity (Wildman–Crippen MR) is 84.6 cm³/mol. The molecule has 0 amide bonds. The lowest BCUT2D eigenvalue weighted by atomic mass is 10.2. The molecule has 0 spiro atoms. The number of hydrogen-bond donors (Lipinski definition) is 1. The van der Waals surface area contributed by atoms with Crippen molar-refractivity contribution in [2.75, 3.05) is 18.6 Å². The third kappa shape index (κ3) is 3.84. The first-order valence-corrected chi connectivity index (χ1v) is 7.73. The van der Waals surface area contributed by atoms with Crippen LogP contribution in [0.25, 0.3) is 0 Å². The number of nitrogens with two attached hydrogens (primary N) is 1. The van der Waals surface area contributed by atoms with Crippen LogP contribution >= 0.6 is 11.8 Å². The lowest BCUT2D eigenvalue weighted by Crippen LogP contribution is -2.02. The molecule has 0 aliphatic heterocycles. The summed E-state index contributed by atoms with van der Waals surface area (Å²) in [4.78, 5) is 1.22. The van der Waals surface area contributed by atoms with Crippen molar-refractivity contribution in [3.63, 3.8) is 0 Å². The van der Waals surface area contributed by atoms with E-state index in [0.29, 0.717) is 18.9 Å². The van der Waals surface area contributed by atoms with Crippen LogP contribution < -0.4 is 15.2 Å². The van der Waals surface area contributed by atoms with E-state index in [4.69, 9.17) is 15.2 Å². The van der Waals surface area contributed by atoms with E-state index >= 15 is 0 Å². The molecular formula is C16H19NO2S. The molecule has 4 heteroatoms. The molecule has 0 saturated carbocycles. The maximum atomic E-state index is 5.82. The minimum absolute atomic E-state index is 0.443. The van der Waals surface area contributed by atoms with Crippen LogP contribution in [0.1, 0.15) is 12.5 Å². The van der Waals surface area contributed by atoms with Crippen molar-refractivity contribution in [1.29, 1.82) is 0 Å². The standard InChI is InChI=1S/C16H19NO2S/c1-3-18-16-9-4-13(17)10-12(16)11-19-14-5-7-15(20-2)8-6-14/h4-10H,3,11,17H2,1-2H3. The summed E-state index contributed by atoms with van der Waals surface area (Å²) in [5.41, 5.74) is 7.49. The fourth-order valence-corrected chi connectivity index (χ4v) is 2.25. The van der Waals surface area contributed by atoms with Crippen LogP contribution in [-0.2, 0) is 6.61 Å². The summed E-state index contributed by atoms with van der Waals surface area (Å²) in [7, 11) is 0. The van der Waals surface area contributed by atoms with E-state index in [0.717, 1.165) is 17.1 Å².